The molecule has 6 heterocycles. The second-order valence-corrected chi connectivity index (χ2v) is 26.0. The van der Waals surface area contributed by atoms with Gasteiger partial charge in [-0.05, 0) is 69.8 Å². The van der Waals surface area contributed by atoms with Gasteiger partial charge in [0.1, 0.15) is 35.4 Å². The highest BCUT2D eigenvalue weighted by molar-refractivity contribution is 9.10. The first kappa shape index (κ1) is 63.7. The molecule has 6 aromatic carbocycles. The number of methoxy groups -OCH3 is 3. The number of carbonyl (C=O) groups is 3. The lowest BCUT2D eigenvalue weighted by Gasteiger charge is -2.40. The molecule has 6 aliphatic rings. The Morgan fingerprint density at radius 3 is 0.947 bits per heavy atom. The Labute approximate surface area is 555 Å². The number of nitriles is 1. The number of fused-ring (bicyclic) bond motifs is 9. The molecule has 15 rings (SSSR count). The van der Waals surface area contributed by atoms with Crippen LogP contribution in [0.15, 0.2) is 191 Å². The normalized spacial score (nSPS) is 30.8. The van der Waals surface area contributed by atoms with E-state index in [4.69, 9.17) is 28.4 Å². The fraction of sp³-hybridized carbons (Fsp3) is 0.300. The predicted molar refractivity (Wildman–Crippen MR) is 340 cm³/mol. The van der Waals surface area contributed by atoms with E-state index in [9.17, 15) is 50.3 Å². The second-order valence-electron chi connectivity index (χ2n) is 24.2. The summed E-state index contributed by atoms with van der Waals surface area (Å²) in [7, 11) is 8.89. The zero-order valence-electron chi connectivity index (χ0n) is 51.3. The van der Waals surface area contributed by atoms with Crippen molar-refractivity contribution in [2.75, 3.05) is 21.3 Å². The third-order valence-corrected chi connectivity index (χ3v) is 20.6. The molecule has 22 nitrogen and oxygen atoms in total. The smallest absolute Gasteiger partial charge is 0.312 e. The minimum absolute atomic E-state index is 0.157. The summed E-state index contributed by atoms with van der Waals surface area (Å²) < 4.78 is 40.9. The maximum atomic E-state index is 13.0. The van der Waals surface area contributed by atoms with Crippen LogP contribution >= 0.6 is 31.9 Å². The van der Waals surface area contributed by atoms with E-state index in [2.05, 4.69) is 53.2 Å². The summed E-state index contributed by atoms with van der Waals surface area (Å²) >= 11 is 6.89. The number of carbonyl (C=O) groups excluding carboxylic acids is 3. The van der Waals surface area contributed by atoms with Crippen LogP contribution in [0.3, 0.4) is 0 Å². The van der Waals surface area contributed by atoms with Gasteiger partial charge in [0.15, 0.2) is 50.9 Å². The summed E-state index contributed by atoms with van der Waals surface area (Å²) in [5.41, 5.74) is -5.61. The van der Waals surface area contributed by atoms with Gasteiger partial charge in [-0.2, -0.15) is 20.6 Å². The van der Waals surface area contributed by atoms with Crippen molar-refractivity contribution in [3.63, 3.8) is 0 Å². The van der Waals surface area contributed by atoms with Crippen molar-refractivity contribution in [2.45, 2.75) is 69.7 Å². The number of benzene rings is 6. The van der Waals surface area contributed by atoms with Crippen LogP contribution in [0.4, 0.5) is 0 Å². The van der Waals surface area contributed by atoms with Crippen LogP contribution < -0.4 is 14.2 Å². The van der Waals surface area contributed by atoms with Gasteiger partial charge in [0.05, 0.1) is 69.3 Å². The molecule has 0 unspecified atom stereocenters. The van der Waals surface area contributed by atoms with Gasteiger partial charge in [0.2, 0.25) is 0 Å². The summed E-state index contributed by atoms with van der Waals surface area (Å²) in [6, 6.07) is 51.0. The van der Waals surface area contributed by atoms with Gasteiger partial charge in [-0.15, -0.1) is 0 Å². The molecule has 3 aromatic heterocycles. The zero-order valence-corrected chi connectivity index (χ0v) is 54.4. The third-order valence-electron chi connectivity index (χ3n) is 19.6. The summed E-state index contributed by atoms with van der Waals surface area (Å²) in [6.07, 6.45) is 0.364. The number of hydrogen-bond donors (Lipinski definition) is 6. The molecule has 0 radical (unpaired) electrons. The van der Waals surface area contributed by atoms with Crippen molar-refractivity contribution in [2.24, 2.45) is 38.9 Å². The fourth-order valence-electron chi connectivity index (χ4n) is 15.8. The monoisotopic (exact) mass is 1400 g/mol. The number of aromatic nitrogens is 6. The Balaban J connectivity index is 0.000000128. The number of ether oxygens (including phenoxy) is 6. The molecule has 3 aliphatic heterocycles. The van der Waals surface area contributed by atoms with E-state index in [1.54, 1.807) is 64.0 Å². The Hall–Kier alpha value is -9.03. The van der Waals surface area contributed by atoms with Gasteiger partial charge in [0.25, 0.3) is 0 Å². The maximum Gasteiger partial charge on any atom is 0.312 e. The Morgan fingerprint density at radius 2 is 0.702 bits per heavy atom. The molecular formula is C70H63Br2N7O15. The molecule has 0 bridgehead atoms. The minimum Gasteiger partial charge on any atom is -0.475 e. The van der Waals surface area contributed by atoms with Crippen LogP contribution in [0.5, 0.6) is 17.2 Å². The molecule has 0 spiro atoms. The highest BCUT2D eigenvalue weighted by Gasteiger charge is 2.82. The number of halogens is 2. The molecule has 15 atom stereocenters. The number of aliphatic hydroxyl groups excluding tert-OH is 3. The van der Waals surface area contributed by atoms with Gasteiger partial charge in [0, 0.05) is 47.8 Å². The van der Waals surface area contributed by atoms with Crippen LogP contribution in [-0.4, -0.2) is 118 Å². The van der Waals surface area contributed by atoms with Gasteiger partial charge >= 0.3 is 17.9 Å². The van der Waals surface area contributed by atoms with Crippen molar-refractivity contribution < 1.29 is 73.4 Å². The number of hydrogen-bond acceptors (Lipinski definition) is 19. The Kier molecular flexibility index (Phi) is 15.9. The van der Waals surface area contributed by atoms with Crippen molar-refractivity contribution in [1.29, 1.82) is 5.26 Å². The van der Waals surface area contributed by atoms with E-state index in [1.165, 1.54) is 35.4 Å². The summed E-state index contributed by atoms with van der Waals surface area (Å²) in [6.45, 7) is 0. The highest BCUT2D eigenvalue weighted by atomic mass is 79.9. The average molecular weight is 1400 g/mol. The molecule has 24 heteroatoms. The van der Waals surface area contributed by atoms with Gasteiger partial charge in [-0.1, -0.05) is 159 Å². The first-order valence-electron chi connectivity index (χ1n) is 29.9. The van der Waals surface area contributed by atoms with E-state index in [0.29, 0.717) is 45.1 Å². The fourth-order valence-corrected chi connectivity index (χ4v) is 16.4. The number of rotatable bonds is 9. The van der Waals surface area contributed by atoms with Crippen molar-refractivity contribution >= 4 is 49.8 Å². The molecular weight excluding hydrogens is 1340 g/mol. The molecule has 482 valence electrons. The molecule has 0 amide bonds. The van der Waals surface area contributed by atoms with Crippen LogP contribution in [0.2, 0.25) is 0 Å². The van der Waals surface area contributed by atoms with Gasteiger partial charge in [-0.25, -0.2) is 0 Å². The van der Waals surface area contributed by atoms with Crippen LogP contribution in [0, 0.1) is 29.1 Å². The first-order chi connectivity index (χ1) is 45.1. The molecule has 3 aliphatic carbocycles. The number of nitrogens with zero attached hydrogens (tertiary/aromatic N) is 7. The summed E-state index contributed by atoms with van der Waals surface area (Å²) in [5.74, 6) is -6.39. The topological polar surface area (TPSA) is 305 Å². The van der Waals surface area contributed by atoms with Crippen LogP contribution in [0.1, 0.15) is 73.8 Å². The van der Waals surface area contributed by atoms with Crippen molar-refractivity contribution in [3.8, 4) is 23.3 Å². The SMILES string of the molecule is COC(=O)[C@H]1[C@@H](O)[C@@]2(O)c3nn(C)cc3O[C@@]2(c2ccc(Br)cc2)[C@@H]1c1ccccc1.COC(=O)[C@H]1[C@@H](O)[C@@]2(O)c3nn(C)cc3O[C@@]2(c2ccc(Br)cc2)[C@@H]1c1ccccc1.COC(=O)[C@H]1[C@@H](O)[C@@]2(O)c3nn(C)cc3O[C@@]2(c2ccc(C#N)cc2)[C@@H]1c1ccccc1. The lowest BCUT2D eigenvalue weighted by molar-refractivity contribution is -0.163. The van der Waals surface area contributed by atoms with Crippen LogP contribution in [-0.2, 0) is 83.3 Å². The Bertz CT molecular complexity index is 4240. The quantitative estimate of drug-likeness (QED) is 0.0630. The molecule has 9 aromatic rings. The summed E-state index contributed by atoms with van der Waals surface area (Å²) in [4.78, 5) is 38.8. The Morgan fingerprint density at radius 1 is 0.447 bits per heavy atom. The highest BCUT2D eigenvalue weighted by Crippen LogP contribution is 2.71. The number of aliphatic hydroxyl groups is 6. The first-order valence-corrected chi connectivity index (χ1v) is 31.5. The third kappa shape index (κ3) is 8.85. The largest absolute Gasteiger partial charge is 0.475 e. The molecule has 0 saturated heterocycles. The number of esters is 3. The number of aryl methyl sites for hydroxylation is 3. The minimum atomic E-state index is -2.04. The molecule has 6 N–H and O–H groups in total. The van der Waals surface area contributed by atoms with Crippen molar-refractivity contribution in [1.82, 2.24) is 29.3 Å². The van der Waals surface area contributed by atoms with Crippen LogP contribution in [0.25, 0.3) is 0 Å². The maximum absolute atomic E-state index is 13.0. The summed E-state index contributed by atoms with van der Waals surface area (Å²) in [5, 5.41) is 93.6. The van der Waals surface area contributed by atoms with Gasteiger partial charge in [-0.3, -0.25) is 28.4 Å². The molecule has 3 saturated carbocycles. The predicted octanol–water partition coefficient (Wildman–Crippen LogP) is 6.93. The molecule has 3 fully saturated rings. The lowest BCUT2D eigenvalue weighted by Crippen LogP contribution is -2.52. The van der Waals surface area contributed by atoms with E-state index in [0.717, 1.165) is 20.1 Å². The van der Waals surface area contributed by atoms with E-state index in [-0.39, 0.29) is 17.1 Å². The van der Waals surface area contributed by atoms with E-state index >= 15 is 0 Å². The standard InChI is InChI=1S/C24H21N3O5.2C23H21BrN2O5/c1-27-13-17-20(26-27)23(30)21(28)18(22(29)31-2)19(15-6-4-3-5-7-15)24(23,32-17)16-10-8-14(12-25)9-11-16;2*1-26-12-16-19(25-26)22(29)20(27)17(21(28)30-2)18(13-6-4-3-5-7-13)23(22,31-16)14-8-10-15(24)11-9-14/h3-11,13,18-19,21,28,30H,1-2H3;2*3-12,17-18,20,27,29H,1-2H3/t18-,19-,21-,23+,24+;2*17-,18-,20-,22+,23+/m111/s1. The zero-order chi connectivity index (χ0) is 66.6. The molecule has 94 heavy (non-hydrogen) atoms. The van der Waals surface area contributed by atoms with E-state index in [1.807, 2.05) is 140 Å². The van der Waals surface area contributed by atoms with Crippen molar-refractivity contribution in [3.05, 3.63) is 247 Å². The average Bonchev–Trinajstić information content (AvgIpc) is 1.51. The lowest BCUT2D eigenvalue weighted by atomic mass is 9.71. The second kappa shape index (κ2) is 23.5. The van der Waals surface area contributed by atoms with E-state index < -0.39 is 105 Å². The van der Waals surface area contributed by atoms with Gasteiger partial charge < -0.3 is 59.1 Å².